The van der Waals surface area contributed by atoms with E-state index in [4.69, 9.17) is 0 Å². The number of hydrogen-bond acceptors (Lipinski definition) is 3. The Balaban J connectivity index is 2.08. The monoisotopic (exact) mass is 234 g/mol. The fourth-order valence-corrected chi connectivity index (χ4v) is 2.48. The first-order valence-corrected chi connectivity index (χ1v) is 6.40. The molecule has 94 valence electrons. The van der Waals surface area contributed by atoms with Crippen molar-refractivity contribution in [3.05, 3.63) is 29.8 Å². The van der Waals surface area contributed by atoms with Crippen LogP contribution >= 0.6 is 0 Å². The molecule has 0 unspecified atom stereocenters. The van der Waals surface area contributed by atoms with Gasteiger partial charge in [-0.2, -0.15) is 0 Å². The Morgan fingerprint density at radius 1 is 1.41 bits per heavy atom. The van der Waals surface area contributed by atoms with Gasteiger partial charge in [-0.3, -0.25) is 4.90 Å². The summed E-state index contributed by atoms with van der Waals surface area (Å²) in [5, 5.41) is 13.3. The number of benzene rings is 1. The normalized spacial score (nSPS) is 21.9. The van der Waals surface area contributed by atoms with Crippen molar-refractivity contribution >= 4 is 0 Å². The van der Waals surface area contributed by atoms with Gasteiger partial charge in [0.1, 0.15) is 5.75 Å². The Morgan fingerprint density at radius 2 is 2.18 bits per heavy atom. The van der Waals surface area contributed by atoms with Crippen molar-refractivity contribution in [3.8, 4) is 5.75 Å². The summed E-state index contributed by atoms with van der Waals surface area (Å²) in [5.41, 5.74) is 1.03. The molecule has 3 heteroatoms. The minimum Gasteiger partial charge on any atom is -0.508 e. The van der Waals surface area contributed by atoms with Gasteiger partial charge < -0.3 is 10.4 Å². The molecule has 17 heavy (non-hydrogen) atoms. The first-order valence-electron chi connectivity index (χ1n) is 6.40. The number of nitrogens with zero attached hydrogens (tertiary/aromatic N) is 1. The van der Waals surface area contributed by atoms with Gasteiger partial charge in [0.25, 0.3) is 0 Å². The molecule has 3 nitrogen and oxygen atoms in total. The predicted octanol–water partition coefficient (Wildman–Crippen LogP) is 1.82. The molecule has 1 aliphatic heterocycles. The number of phenols is 1. The summed E-state index contributed by atoms with van der Waals surface area (Å²) >= 11 is 0. The molecule has 2 N–H and O–H groups in total. The molecule has 1 saturated heterocycles. The van der Waals surface area contributed by atoms with E-state index >= 15 is 0 Å². The van der Waals surface area contributed by atoms with Gasteiger partial charge in [-0.05, 0) is 12.0 Å². The lowest BCUT2D eigenvalue weighted by atomic mass is 9.99. The number of para-hydroxylation sites is 1. The van der Waals surface area contributed by atoms with Crippen molar-refractivity contribution in [3.63, 3.8) is 0 Å². The second-order valence-electron chi connectivity index (χ2n) is 5.11. The van der Waals surface area contributed by atoms with Crippen LogP contribution in [0.1, 0.15) is 19.4 Å². The summed E-state index contributed by atoms with van der Waals surface area (Å²) in [6, 6.07) is 8.19. The third-order valence-electron chi connectivity index (χ3n) is 3.53. The van der Waals surface area contributed by atoms with E-state index in [-0.39, 0.29) is 0 Å². The second-order valence-corrected chi connectivity index (χ2v) is 5.11. The van der Waals surface area contributed by atoms with Crippen LogP contribution < -0.4 is 5.32 Å². The third kappa shape index (κ3) is 2.99. The highest BCUT2D eigenvalue weighted by Crippen LogP contribution is 2.21. The Labute approximate surface area is 103 Å². The van der Waals surface area contributed by atoms with Crippen molar-refractivity contribution in [2.75, 3.05) is 19.6 Å². The molecule has 1 aromatic carbocycles. The highest BCUT2D eigenvalue weighted by molar-refractivity contribution is 5.31. The van der Waals surface area contributed by atoms with Gasteiger partial charge in [0.2, 0.25) is 0 Å². The lowest BCUT2D eigenvalue weighted by Crippen LogP contribution is -2.52. The standard InChI is InChI=1S/C14H22N2O/c1-11(2)13-9-15-7-8-16(13)10-12-5-3-4-6-14(12)17/h3-6,11,13,15,17H,7-10H2,1-2H3/t13-/m0/s1. The van der Waals surface area contributed by atoms with E-state index in [1.165, 1.54) is 0 Å². The fraction of sp³-hybridized carbons (Fsp3) is 0.571. The number of rotatable bonds is 3. The molecular formula is C14H22N2O. The van der Waals surface area contributed by atoms with E-state index in [1.807, 2.05) is 18.2 Å². The van der Waals surface area contributed by atoms with Crippen molar-refractivity contribution in [1.82, 2.24) is 10.2 Å². The maximum absolute atomic E-state index is 9.82. The van der Waals surface area contributed by atoms with Gasteiger partial charge in [-0.25, -0.2) is 0 Å². The number of aromatic hydroxyl groups is 1. The van der Waals surface area contributed by atoms with Gasteiger partial charge in [0.05, 0.1) is 0 Å². The summed E-state index contributed by atoms with van der Waals surface area (Å²) < 4.78 is 0. The second kappa shape index (κ2) is 5.52. The summed E-state index contributed by atoms with van der Waals surface area (Å²) in [7, 11) is 0. The number of phenolic OH excluding ortho intramolecular Hbond substituents is 1. The van der Waals surface area contributed by atoms with Gasteiger partial charge in [-0.15, -0.1) is 0 Å². The maximum atomic E-state index is 9.82. The Kier molecular flexibility index (Phi) is 4.02. The molecule has 1 aromatic rings. The quantitative estimate of drug-likeness (QED) is 0.837. The van der Waals surface area contributed by atoms with E-state index < -0.39 is 0 Å². The minimum absolute atomic E-state index is 0.411. The number of piperazine rings is 1. The molecule has 1 atom stereocenters. The molecule has 0 aliphatic carbocycles. The van der Waals surface area contributed by atoms with Crippen molar-refractivity contribution in [1.29, 1.82) is 0 Å². The van der Waals surface area contributed by atoms with Crippen molar-refractivity contribution < 1.29 is 5.11 Å². The SMILES string of the molecule is CC(C)[C@@H]1CNCCN1Cc1ccccc1O. The van der Waals surface area contributed by atoms with E-state index in [0.717, 1.165) is 31.7 Å². The van der Waals surface area contributed by atoms with Gasteiger partial charge in [-0.1, -0.05) is 32.0 Å². The topological polar surface area (TPSA) is 35.5 Å². The van der Waals surface area contributed by atoms with Crippen LogP contribution in [0.2, 0.25) is 0 Å². The third-order valence-corrected chi connectivity index (χ3v) is 3.53. The number of hydrogen-bond donors (Lipinski definition) is 2. The van der Waals surface area contributed by atoms with E-state index in [9.17, 15) is 5.11 Å². The summed E-state index contributed by atoms with van der Waals surface area (Å²) in [6.45, 7) is 8.50. The van der Waals surface area contributed by atoms with Crippen LogP contribution in [-0.4, -0.2) is 35.7 Å². The van der Waals surface area contributed by atoms with E-state index in [1.54, 1.807) is 6.07 Å². The molecule has 1 heterocycles. The zero-order valence-corrected chi connectivity index (χ0v) is 10.7. The van der Waals surface area contributed by atoms with Crippen LogP contribution in [0.5, 0.6) is 5.75 Å². The predicted molar refractivity (Wildman–Crippen MR) is 70.0 cm³/mol. The average Bonchev–Trinajstić information content (AvgIpc) is 2.32. The number of nitrogens with one attached hydrogen (secondary N) is 1. The van der Waals surface area contributed by atoms with Crippen LogP contribution in [0.4, 0.5) is 0 Å². The molecular weight excluding hydrogens is 212 g/mol. The smallest absolute Gasteiger partial charge is 0.120 e. The molecule has 0 amide bonds. The molecule has 0 bridgehead atoms. The van der Waals surface area contributed by atoms with Crippen LogP contribution in [0, 0.1) is 5.92 Å². The first kappa shape index (κ1) is 12.4. The zero-order valence-electron chi connectivity index (χ0n) is 10.7. The highest BCUT2D eigenvalue weighted by atomic mass is 16.3. The largest absolute Gasteiger partial charge is 0.508 e. The molecule has 0 spiro atoms. The summed E-state index contributed by atoms with van der Waals surface area (Å²) in [5.74, 6) is 1.04. The lowest BCUT2D eigenvalue weighted by molar-refractivity contribution is 0.116. The molecule has 2 rings (SSSR count). The highest BCUT2D eigenvalue weighted by Gasteiger charge is 2.25. The van der Waals surface area contributed by atoms with Crippen LogP contribution in [0.3, 0.4) is 0 Å². The summed E-state index contributed by atoms with van der Waals surface area (Å²) in [6.07, 6.45) is 0. The van der Waals surface area contributed by atoms with Crippen molar-refractivity contribution in [2.45, 2.75) is 26.4 Å². The molecule has 1 aliphatic rings. The maximum Gasteiger partial charge on any atom is 0.120 e. The Morgan fingerprint density at radius 3 is 2.88 bits per heavy atom. The van der Waals surface area contributed by atoms with Gasteiger partial charge >= 0.3 is 0 Å². The minimum atomic E-state index is 0.411. The Bertz CT molecular complexity index is 365. The Hall–Kier alpha value is -1.06. The van der Waals surface area contributed by atoms with Gasteiger partial charge in [0, 0.05) is 37.8 Å². The lowest BCUT2D eigenvalue weighted by Gasteiger charge is -2.38. The van der Waals surface area contributed by atoms with Crippen LogP contribution in [0.15, 0.2) is 24.3 Å². The van der Waals surface area contributed by atoms with Crippen LogP contribution in [0.25, 0.3) is 0 Å². The summed E-state index contributed by atoms with van der Waals surface area (Å²) in [4.78, 5) is 2.47. The molecule has 0 radical (unpaired) electrons. The zero-order chi connectivity index (χ0) is 12.3. The fourth-order valence-electron chi connectivity index (χ4n) is 2.48. The molecule has 0 aromatic heterocycles. The van der Waals surface area contributed by atoms with E-state index in [0.29, 0.717) is 17.7 Å². The van der Waals surface area contributed by atoms with Gasteiger partial charge in [0.15, 0.2) is 0 Å². The molecule has 1 fully saturated rings. The first-order chi connectivity index (χ1) is 8.18. The molecule has 0 saturated carbocycles. The van der Waals surface area contributed by atoms with Crippen molar-refractivity contribution in [2.24, 2.45) is 5.92 Å². The van der Waals surface area contributed by atoms with E-state index in [2.05, 4.69) is 24.1 Å². The average molecular weight is 234 g/mol. The van der Waals surface area contributed by atoms with Crippen LogP contribution in [-0.2, 0) is 6.54 Å².